The SMILES string of the molecule is CC(C)N1C(c2nc(Cc3ccccc3F)n3ncccc23)=NC(N)=[C]C1N. The van der Waals surface area contributed by atoms with E-state index in [1.807, 2.05) is 30.9 Å². The molecule has 2 aromatic heterocycles. The van der Waals surface area contributed by atoms with Gasteiger partial charge in [-0.3, -0.25) is 0 Å². The number of amidine groups is 1. The number of benzene rings is 1. The fourth-order valence-electron chi connectivity index (χ4n) is 3.38. The summed E-state index contributed by atoms with van der Waals surface area (Å²) in [6.45, 7) is 4.02. The van der Waals surface area contributed by atoms with Gasteiger partial charge in [0, 0.05) is 24.7 Å². The van der Waals surface area contributed by atoms with Gasteiger partial charge in [-0.25, -0.2) is 18.9 Å². The summed E-state index contributed by atoms with van der Waals surface area (Å²) < 4.78 is 15.9. The quantitative estimate of drug-likeness (QED) is 0.722. The van der Waals surface area contributed by atoms with Gasteiger partial charge < -0.3 is 16.4 Å². The Hall–Kier alpha value is -3.26. The van der Waals surface area contributed by atoms with Gasteiger partial charge in [-0.05, 0) is 37.6 Å². The van der Waals surface area contributed by atoms with E-state index in [0.29, 0.717) is 29.3 Å². The second-order valence-electron chi connectivity index (χ2n) is 6.88. The Bertz CT molecular complexity index is 1080. The fourth-order valence-corrected chi connectivity index (χ4v) is 3.38. The summed E-state index contributed by atoms with van der Waals surface area (Å²) >= 11 is 0. The molecule has 0 fully saturated rings. The van der Waals surface area contributed by atoms with Crippen LogP contribution in [0.5, 0.6) is 0 Å². The van der Waals surface area contributed by atoms with E-state index in [-0.39, 0.29) is 17.7 Å². The monoisotopic (exact) mass is 378 g/mol. The van der Waals surface area contributed by atoms with Crippen molar-refractivity contribution >= 4 is 11.4 Å². The third-order valence-electron chi connectivity index (χ3n) is 4.62. The molecule has 1 atom stereocenters. The molecule has 4 rings (SSSR count). The van der Waals surface area contributed by atoms with Crippen molar-refractivity contribution in [1.82, 2.24) is 19.5 Å². The number of aliphatic imine (C=N–C) groups is 1. The van der Waals surface area contributed by atoms with Gasteiger partial charge in [-0.1, -0.05) is 18.2 Å². The van der Waals surface area contributed by atoms with Crippen LogP contribution >= 0.6 is 0 Å². The number of imidazole rings is 1. The number of nitrogens with zero attached hydrogens (tertiary/aromatic N) is 5. The van der Waals surface area contributed by atoms with Crippen molar-refractivity contribution in [2.24, 2.45) is 16.5 Å². The summed E-state index contributed by atoms with van der Waals surface area (Å²) in [5, 5.41) is 4.40. The molecule has 7 nitrogen and oxygen atoms in total. The average molecular weight is 378 g/mol. The number of nitrogens with two attached hydrogens (primary N) is 2. The molecule has 143 valence electrons. The molecule has 0 aliphatic carbocycles. The van der Waals surface area contributed by atoms with Gasteiger partial charge in [-0.2, -0.15) is 5.10 Å². The van der Waals surface area contributed by atoms with Crippen molar-refractivity contribution < 1.29 is 4.39 Å². The molecule has 1 aliphatic rings. The number of rotatable bonds is 4. The van der Waals surface area contributed by atoms with Crippen molar-refractivity contribution in [3.05, 3.63) is 77.4 Å². The van der Waals surface area contributed by atoms with Gasteiger partial charge >= 0.3 is 0 Å². The van der Waals surface area contributed by atoms with Gasteiger partial charge in [0.05, 0.1) is 5.52 Å². The van der Waals surface area contributed by atoms with Crippen LogP contribution in [0.4, 0.5) is 4.39 Å². The minimum atomic E-state index is -0.532. The van der Waals surface area contributed by atoms with Gasteiger partial charge in [0.25, 0.3) is 0 Å². The number of fused-ring (bicyclic) bond motifs is 1. The molecule has 8 heteroatoms. The number of hydrogen-bond donors (Lipinski definition) is 2. The topological polar surface area (TPSA) is 97.8 Å². The van der Waals surface area contributed by atoms with Crippen molar-refractivity contribution in [2.75, 3.05) is 0 Å². The lowest BCUT2D eigenvalue weighted by Crippen LogP contribution is -2.51. The van der Waals surface area contributed by atoms with Crippen molar-refractivity contribution in [1.29, 1.82) is 0 Å². The maximum Gasteiger partial charge on any atom is 0.161 e. The Balaban J connectivity index is 1.87. The molecule has 3 heterocycles. The second kappa shape index (κ2) is 7.05. The highest BCUT2D eigenvalue weighted by Gasteiger charge is 2.29. The molecule has 0 spiro atoms. The van der Waals surface area contributed by atoms with Crippen molar-refractivity contribution in [3.63, 3.8) is 0 Å². The zero-order chi connectivity index (χ0) is 19.8. The molecule has 0 amide bonds. The van der Waals surface area contributed by atoms with E-state index in [4.69, 9.17) is 16.5 Å². The van der Waals surface area contributed by atoms with Crippen molar-refractivity contribution in [3.8, 4) is 0 Å². The molecular formula is C20H21FN7. The van der Waals surface area contributed by atoms with E-state index in [2.05, 4.69) is 16.2 Å². The molecule has 3 aromatic rings. The lowest BCUT2D eigenvalue weighted by molar-refractivity contribution is 0.292. The third kappa shape index (κ3) is 3.11. The minimum Gasteiger partial charge on any atom is -0.383 e. The highest BCUT2D eigenvalue weighted by atomic mass is 19.1. The normalized spacial score (nSPS) is 17.2. The zero-order valence-corrected chi connectivity index (χ0v) is 15.7. The van der Waals surface area contributed by atoms with E-state index in [0.717, 1.165) is 5.52 Å². The average Bonchev–Trinajstić information content (AvgIpc) is 3.01. The fraction of sp³-hybridized carbons (Fsp3) is 0.250. The van der Waals surface area contributed by atoms with E-state index in [1.165, 1.54) is 6.07 Å². The first-order valence-electron chi connectivity index (χ1n) is 9.03. The summed E-state index contributed by atoms with van der Waals surface area (Å²) in [4.78, 5) is 11.1. The van der Waals surface area contributed by atoms with Gasteiger partial charge in [-0.15, -0.1) is 0 Å². The van der Waals surface area contributed by atoms with Crippen LogP contribution in [0.2, 0.25) is 0 Å². The summed E-state index contributed by atoms with van der Waals surface area (Å²) in [7, 11) is 0. The Labute approximate surface area is 162 Å². The Morgan fingerprint density at radius 1 is 1.21 bits per heavy atom. The van der Waals surface area contributed by atoms with Crippen LogP contribution in [0, 0.1) is 11.9 Å². The Morgan fingerprint density at radius 2 is 2.00 bits per heavy atom. The summed E-state index contributed by atoms with van der Waals surface area (Å²) in [5.74, 6) is 1.11. The minimum absolute atomic E-state index is 0.0535. The maximum atomic E-state index is 14.2. The van der Waals surface area contributed by atoms with Gasteiger partial charge in [0.2, 0.25) is 0 Å². The Morgan fingerprint density at radius 3 is 2.75 bits per heavy atom. The molecule has 4 N–H and O–H groups in total. The van der Waals surface area contributed by atoms with Crippen LogP contribution in [0.25, 0.3) is 5.52 Å². The molecule has 0 bridgehead atoms. The van der Waals surface area contributed by atoms with E-state index in [9.17, 15) is 4.39 Å². The van der Waals surface area contributed by atoms with Crippen LogP contribution in [-0.4, -0.2) is 37.5 Å². The summed E-state index contributed by atoms with van der Waals surface area (Å²) in [6, 6.07) is 10.4. The molecular weight excluding hydrogens is 357 g/mol. The van der Waals surface area contributed by atoms with Crippen LogP contribution in [-0.2, 0) is 6.42 Å². The highest BCUT2D eigenvalue weighted by molar-refractivity contribution is 6.04. The predicted octanol–water partition coefficient (Wildman–Crippen LogP) is 1.82. The smallest absolute Gasteiger partial charge is 0.161 e. The van der Waals surface area contributed by atoms with Crippen LogP contribution < -0.4 is 11.5 Å². The van der Waals surface area contributed by atoms with Crippen LogP contribution in [0.1, 0.15) is 30.9 Å². The molecule has 0 saturated carbocycles. The number of aromatic nitrogens is 3. The summed E-state index contributed by atoms with van der Waals surface area (Å²) in [5.41, 5.74) is 14.0. The first kappa shape index (κ1) is 18.1. The second-order valence-corrected chi connectivity index (χ2v) is 6.88. The van der Waals surface area contributed by atoms with Crippen LogP contribution in [0.15, 0.2) is 53.4 Å². The molecule has 0 saturated heterocycles. The van der Waals surface area contributed by atoms with Crippen LogP contribution in [0.3, 0.4) is 0 Å². The predicted molar refractivity (Wildman–Crippen MR) is 105 cm³/mol. The number of halogens is 1. The van der Waals surface area contributed by atoms with Gasteiger partial charge in [0.15, 0.2) is 5.84 Å². The van der Waals surface area contributed by atoms with Gasteiger partial charge in [0.1, 0.15) is 29.3 Å². The first-order chi connectivity index (χ1) is 13.5. The molecule has 1 unspecified atom stereocenters. The standard InChI is InChI=1S/C20H21FN7/c1-12(2)27-17(23)11-16(22)25-20(27)19-15-8-5-9-24-28(15)18(26-19)10-13-6-3-4-7-14(13)21/h3-9,12,17H,10,22-23H2,1-2H3. The molecule has 1 aromatic carbocycles. The molecule has 1 radical (unpaired) electrons. The number of hydrogen-bond acceptors (Lipinski definition) is 6. The highest BCUT2D eigenvalue weighted by Crippen LogP contribution is 2.22. The Kier molecular flexibility index (Phi) is 4.56. The lowest BCUT2D eigenvalue weighted by Gasteiger charge is -2.35. The lowest BCUT2D eigenvalue weighted by atomic mass is 10.1. The largest absolute Gasteiger partial charge is 0.383 e. The van der Waals surface area contributed by atoms with E-state index in [1.54, 1.807) is 28.9 Å². The molecule has 28 heavy (non-hydrogen) atoms. The third-order valence-corrected chi connectivity index (χ3v) is 4.62. The first-order valence-corrected chi connectivity index (χ1v) is 9.03. The van der Waals surface area contributed by atoms with Crippen molar-refractivity contribution in [2.45, 2.75) is 32.5 Å². The zero-order valence-electron chi connectivity index (χ0n) is 15.7. The van der Waals surface area contributed by atoms with E-state index >= 15 is 0 Å². The van der Waals surface area contributed by atoms with E-state index < -0.39 is 6.17 Å². The molecule has 1 aliphatic heterocycles. The maximum absolute atomic E-state index is 14.2. The summed E-state index contributed by atoms with van der Waals surface area (Å²) in [6.07, 6.45) is 4.35.